The fourth-order valence-electron chi connectivity index (χ4n) is 2.60. The largest absolute Gasteiger partial charge is 0.492 e. The van der Waals surface area contributed by atoms with Gasteiger partial charge < -0.3 is 19.7 Å². The molecule has 1 fully saturated rings. The molecule has 1 heterocycles. The average molecular weight is 394 g/mol. The SMILES string of the molecule is CC(=O)NCC(=Cc1ccc(CC(=O)O)c(Cl)c1)B1OC(C)(C)C(C)(C)O1. The molecule has 27 heavy (non-hydrogen) atoms. The normalized spacial score (nSPS) is 18.4. The van der Waals surface area contributed by atoms with Crippen molar-refractivity contribution >= 4 is 36.7 Å². The van der Waals surface area contributed by atoms with Crippen molar-refractivity contribution in [2.24, 2.45) is 0 Å². The highest BCUT2D eigenvalue weighted by Gasteiger charge is 2.52. The lowest BCUT2D eigenvalue weighted by Crippen LogP contribution is -2.41. The molecule has 0 unspecified atom stereocenters. The first-order valence-electron chi connectivity index (χ1n) is 8.72. The van der Waals surface area contributed by atoms with Gasteiger partial charge in [0.25, 0.3) is 0 Å². The van der Waals surface area contributed by atoms with Crippen LogP contribution >= 0.6 is 11.6 Å². The number of amides is 1. The molecule has 6 nitrogen and oxygen atoms in total. The molecule has 1 amide bonds. The summed E-state index contributed by atoms with van der Waals surface area (Å²) >= 11 is 6.21. The van der Waals surface area contributed by atoms with Crippen LogP contribution in [-0.4, -0.2) is 41.8 Å². The van der Waals surface area contributed by atoms with Crippen LogP contribution in [-0.2, 0) is 25.3 Å². The van der Waals surface area contributed by atoms with Crippen molar-refractivity contribution in [3.8, 4) is 0 Å². The van der Waals surface area contributed by atoms with E-state index in [4.69, 9.17) is 26.0 Å². The van der Waals surface area contributed by atoms with Gasteiger partial charge in [0, 0.05) is 18.5 Å². The first kappa shape index (κ1) is 21.5. The van der Waals surface area contributed by atoms with Crippen molar-refractivity contribution in [2.75, 3.05) is 6.54 Å². The van der Waals surface area contributed by atoms with Gasteiger partial charge in [-0.2, -0.15) is 0 Å². The molecular weight excluding hydrogens is 368 g/mol. The van der Waals surface area contributed by atoms with Crippen LogP contribution < -0.4 is 5.32 Å². The van der Waals surface area contributed by atoms with Crippen LogP contribution in [0.5, 0.6) is 0 Å². The summed E-state index contributed by atoms with van der Waals surface area (Å²) in [6, 6.07) is 5.16. The topological polar surface area (TPSA) is 84.9 Å². The molecule has 1 saturated heterocycles. The van der Waals surface area contributed by atoms with Crippen LogP contribution in [0, 0.1) is 0 Å². The van der Waals surface area contributed by atoms with Gasteiger partial charge in [-0.25, -0.2) is 0 Å². The molecule has 0 saturated carbocycles. The summed E-state index contributed by atoms with van der Waals surface area (Å²) in [7, 11) is -0.612. The highest BCUT2D eigenvalue weighted by Crippen LogP contribution is 2.38. The molecule has 0 bridgehead atoms. The van der Waals surface area contributed by atoms with Crippen molar-refractivity contribution < 1.29 is 24.0 Å². The third kappa shape index (κ3) is 5.34. The van der Waals surface area contributed by atoms with Gasteiger partial charge in [0.1, 0.15) is 0 Å². The molecule has 1 aromatic rings. The summed E-state index contributed by atoms with van der Waals surface area (Å²) in [5, 5.41) is 12.1. The van der Waals surface area contributed by atoms with Crippen LogP contribution in [0.25, 0.3) is 6.08 Å². The number of carbonyl (C=O) groups is 2. The van der Waals surface area contributed by atoms with Crippen LogP contribution in [0.2, 0.25) is 5.02 Å². The maximum absolute atomic E-state index is 11.4. The molecule has 0 spiro atoms. The zero-order valence-electron chi connectivity index (χ0n) is 16.3. The van der Waals surface area contributed by atoms with Crippen LogP contribution in [0.1, 0.15) is 45.7 Å². The number of aliphatic carboxylic acids is 1. The third-order valence-corrected chi connectivity index (χ3v) is 5.22. The van der Waals surface area contributed by atoms with Gasteiger partial charge in [0.15, 0.2) is 0 Å². The molecule has 146 valence electrons. The number of benzene rings is 1. The van der Waals surface area contributed by atoms with E-state index in [1.165, 1.54) is 6.92 Å². The molecule has 1 aliphatic heterocycles. The quantitative estimate of drug-likeness (QED) is 0.725. The van der Waals surface area contributed by atoms with Gasteiger partial charge in [0.2, 0.25) is 5.91 Å². The monoisotopic (exact) mass is 393 g/mol. The number of halogens is 1. The lowest BCUT2D eigenvalue weighted by molar-refractivity contribution is -0.136. The van der Waals surface area contributed by atoms with E-state index in [0.29, 0.717) is 10.6 Å². The predicted octanol–water partition coefficient (Wildman–Crippen LogP) is 3.12. The van der Waals surface area contributed by atoms with Crippen molar-refractivity contribution in [3.05, 3.63) is 39.8 Å². The molecule has 0 atom stereocenters. The van der Waals surface area contributed by atoms with E-state index < -0.39 is 24.3 Å². The molecule has 1 aliphatic rings. The fraction of sp³-hybridized carbons (Fsp3) is 0.474. The predicted molar refractivity (Wildman–Crippen MR) is 106 cm³/mol. The summed E-state index contributed by atoms with van der Waals surface area (Å²) in [5.41, 5.74) is 1.04. The van der Waals surface area contributed by atoms with Crippen molar-refractivity contribution in [1.82, 2.24) is 5.32 Å². The summed E-state index contributed by atoms with van der Waals surface area (Å²) in [6.07, 6.45) is 1.70. The van der Waals surface area contributed by atoms with Gasteiger partial charge >= 0.3 is 13.1 Å². The Balaban J connectivity index is 2.32. The highest BCUT2D eigenvalue weighted by atomic mass is 35.5. The Morgan fingerprint density at radius 3 is 2.30 bits per heavy atom. The molecule has 8 heteroatoms. The molecule has 0 radical (unpaired) electrons. The minimum Gasteiger partial charge on any atom is -0.481 e. The van der Waals surface area contributed by atoms with E-state index in [2.05, 4.69) is 5.32 Å². The summed E-state index contributed by atoms with van der Waals surface area (Å²) < 4.78 is 12.2. The number of carboxylic acids is 1. The first-order chi connectivity index (χ1) is 12.4. The molecule has 2 rings (SSSR count). The first-order valence-corrected chi connectivity index (χ1v) is 9.10. The maximum atomic E-state index is 11.4. The van der Waals surface area contributed by atoms with Crippen LogP contribution in [0.15, 0.2) is 23.7 Å². The molecule has 0 aromatic heterocycles. The number of nitrogens with one attached hydrogen (secondary N) is 1. The summed E-state index contributed by atoms with van der Waals surface area (Å²) in [5.74, 6) is -1.10. The fourth-order valence-corrected chi connectivity index (χ4v) is 2.85. The second kappa shape index (κ2) is 8.04. The van der Waals surface area contributed by atoms with Crippen molar-refractivity contribution in [2.45, 2.75) is 52.2 Å². The van der Waals surface area contributed by atoms with E-state index in [0.717, 1.165) is 11.0 Å². The number of carboxylic acid groups (broad SMARTS) is 1. The Kier molecular flexibility index (Phi) is 6.40. The minimum atomic E-state index is -0.941. The smallest absolute Gasteiger partial charge is 0.481 e. The highest BCUT2D eigenvalue weighted by molar-refractivity contribution is 6.56. The van der Waals surface area contributed by atoms with Crippen LogP contribution in [0.4, 0.5) is 0 Å². The third-order valence-electron chi connectivity index (χ3n) is 4.87. The molecule has 1 aromatic carbocycles. The van der Waals surface area contributed by atoms with Gasteiger partial charge in [-0.3, -0.25) is 9.59 Å². The Labute approximate surface area is 165 Å². The zero-order chi connectivity index (χ0) is 20.4. The van der Waals surface area contributed by atoms with E-state index in [-0.39, 0.29) is 18.9 Å². The van der Waals surface area contributed by atoms with Gasteiger partial charge in [-0.05, 0) is 50.4 Å². The summed E-state index contributed by atoms with van der Waals surface area (Å²) in [4.78, 5) is 22.3. The second-order valence-corrected chi connectivity index (χ2v) is 8.05. The summed E-state index contributed by atoms with van der Waals surface area (Å²) in [6.45, 7) is 9.54. The maximum Gasteiger partial charge on any atom is 0.492 e. The lowest BCUT2D eigenvalue weighted by atomic mass is 9.77. The van der Waals surface area contributed by atoms with Crippen molar-refractivity contribution in [3.63, 3.8) is 0 Å². The Bertz CT molecular complexity index is 759. The molecule has 2 N–H and O–H groups in total. The number of rotatable bonds is 6. The lowest BCUT2D eigenvalue weighted by Gasteiger charge is -2.32. The second-order valence-electron chi connectivity index (χ2n) is 7.64. The Morgan fingerprint density at radius 1 is 1.22 bits per heavy atom. The van der Waals surface area contributed by atoms with Gasteiger partial charge in [0.05, 0.1) is 17.6 Å². The van der Waals surface area contributed by atoms with E-state index in [9.17, 15) is 9.59 Å². The minimum absolute atomic E-state index is 0.140. The molecule has 0 aliphatic carbocycles. The average Bonchev–Trinajstić information content (AvgIpc) is 2.73. The molecular formula is C19H25BClNO5. The Morgan fingerprint density at radius 2 is 1.81 bits per heavy atom. The zero-order valence-corrected chi connectivity index (χ0v) is 17.0. The van der Waals surface area contributed by atoms with E-state index >= 15 is 0 Å². The van der Waals surface area contributed by atoms with Gasteiger partial charge in [-0.15, -0.1) is 0 Å². The van der Waals surface area contributed by atoms with Crippen LogP contribution in [0.3, 0.4) is 0 Å². The Hall–Kier alpha value is -1.83. The van der Waals surface area contributed by atoms with E-state index in [1.807, 2.05) is 33.8 Å². The van der Waals surface area contributed by atoms with Crippen molar-refractivity contribution in [1.29, 1.82) is 0 Å². The number of hydrogen-bond donors (Lipinski definition) is 2. The van der Waals surface area contributed by atoms with Gasteiger partial charge in [-0.1, -0.05) is 29.8 Å². The standard InChI is InChI=1S/C19H25BClNO5/c1-12(23)22-11-15(20-26-18(2,3)19(4,5)27-20)8-13-6-7-14(10-17(24)25)16(21)9-13/h6-9H,10-11H2,1-5H3,(H,22,23)(H,24,25). The number of carbonyl (C=O) groups excluding carboxylic acids is 1. The van der Waals surface area contributed by atoms with E-state index in [1.54, 1.807) is 18.2 Å². The number of hydrogen-bond acceptors (Lipinski definition) is 4.